The third kappa shape index (κ3) is 3.51. The van der Waals surface area contributed by atoms with Crippen LogP contribution in [-0.2, 0) is 0 Å². The average Bonchev–Trinajstić information content (AvgIpc) is 2.45. The van der Waals surface area contributed by atoms with Crippen LogP contribution in [-0.4, -0.2) is 21.2 Å². The van der Waals surface area contributed by atoms with Crippen LogP contribution in [0.3, 0.4) is 0 Å². The molecule has 2 rings (SSSR count). The van der Waals surface area contributed by atoms with Crippen LogP contribution in [0, 0.1) is 0 Å². The van der Waals surface area contributed by atoms with E-state index in [1.165, 1.54) is 13.2 Å². The Balaban J connectivity index is 2.20. The van der Waals surface area contributed by atoms with E-state index in [-0.39, 0.29) is 0 Å². The Morgan fingerprint density at radius 3 is 2.40 bits per heavy atom. The maximum Gasteiger partial charge on any atom is 0.339 e. The van der Waals surface area contributed by atoms with Crippen LogP contribution >= 0.6 is 0 Å². The summed E-state index contributed by atoms with van der Waals surface area (Å²) in [6, 6.07) is 11.0. The van der Waals surface area contributed by atoms with Crippen molar-refractivity contribution in [2.75, 3.05) is 26.1 Å². The largest absolute Gasteiger partial charge is 0.496 e. The quantitative estimate of drug-likeness (QED) is 0.857. The van der Waals surface area contributed by atoms with Crippen LogP contribution < -0.4 is 15.3 Å². The van der Waals surface area contributed by atoms with Crippen LogP contribution in [0.1, 0.15) is 11.3 Å². The zero-order chi connectivity index (χ0) is 14.5. The van der Waals surface area contributed by atoms with Gasteiger partial charge in [0.1, 0.15) is 11.5 Å². The Hall–Kier alpha value is -2.49. The molecule has 0 aliphatic rings. The third-order valence-corrected chi connectivity index (χ3v) is 2.85. The fourth-order valence-corrected chi connectivity index (χ4v) is 1.74. The van der Waals surface area contributed by atoms with Gasteiger partial charge in [0.25, 0.3) is 0 Å². The first-order chi connectivity index (χ1) is 9.58. The van der Waals surface area contributed by atoms with E-state index in [1.54, 1.807) is 12.1 Å². The molecule has 4 nitrogen and oxygen atoms in total. The summed E-state index contributed by atoms with van der Waals surface area (Å²) in [5.74, 6) is 0.954. The highest BCUT2D eigenvalue weighted by Crippen LogP contribution is 2.15. The summed E-state index contributed by atoms with van der Waals surface area (Å²) in [7, 11) is 5.51. The zero-order valence-corrected chi connectivity index (χ0v) is 11.8. The van der Waals surface area contributed by atoms with E-state index < -0.39 is 5.63 Å². The Morgan fingerprint density at radius 2 is 1.80 bits per heavy atom. The lowest BCUT2D eigenvalue weighted by molar-refractivity contribution is 0.400. The summed E-state index contributed by atoms with van der Waals surface area (Å²) >= 11 is 0. The number of hydrogen-bond acceptors (Lipinski definition) is 4. The maximum absolute atomic E-state index is 11.3. The average molecular weight is 271 g/mol. The Morgan fingerprint density at radius 1 is 1.10 bits per heavy atom. The first-order valence-electron chi connectivity index (χ1n) is 6.23. The SMILES string of the molecule is COc1cc(/C=C/c2ccc(N(C)C)cc2)oc(=O)c1. The smallest absolute Gasteiger partial charge is 0.339 e. The molecule has 1 heterocycles. The molecule has 2 aromatic rings. The Bertz CT molecular complexity index is 654. The molecule has 1 aromatic carbocycles. The number of hydrogen-bond donors (Lipinski definition) is 0. The molecule has 20 heavy (non-hydrogen) atoms. The van der Waals surface area contributed by atoms with Crippen LogP contribution in [0.5, 0.6) is 5.75 Å². The summed E-state index contributed by atoms with van der Waals surface area (Å²) in [5, 5.41) is 0. The summed E-state index contributed by atoms with van der Waals surface area (Å²) in [4.78, 5) is 13.4. The molecule has 0 saturated heterocycles. The Labute approximate surface area is 117 Å². The van der Waals surface area contributed by atoms with E-state index in [0.717, 1.165) is 11.3 Å². The lowest BCUT2D eigenvalue weighted by Gasteiger charge is -2.11. The van der Waals surface area contributed by atoms with E-state index in [2.05, 4.69) is 0 Å². The van der Waals surface area contributed by atoms with E-state index in [1.807, 2.05) is 49.3 Å². The molecule has 0 spiro atoms. The van der Waals surface area contributed by atoms with Crippen molar-refractivity contribution < 1.29 is 9.15 Å². The van der Waals surface area contributed by atoms with Crippen molar-refractivity contribution in [1.82, 2.24) is 0 Å². The van der Waals surface area contributed by atoms with Gasteiger partial charge >= 0.3 is 5.63 Å². The van der Waals surface area contributed by atoms with Crippen molar-refractivity contribution in [2.24, 2.45) is 0 Å². The van der Waals surface area contributed by atoms with Crippen molar-refractivity contribution in [1.29, 1.82) is 0 Å². The molecule has 0 radical (unpaired) electrons. The van der Waals surface area contributed by atoms with Gasteiger partial charge in [-0.1, -0.05) is 18.2 Å². The molecule has 104 valence electrons. The third-order valence-electron chi connectivity index (χ3n) is 2.85. The second kappa shape index (κ2) is 6.10. The lowest BCUT2D eigenvalue weighted by Crippen LogP contribution is -2.07. The van der Waals surface area contributed by atoms with Crippen molar-refractivity contribution in [2.45, 2.75) is 0 Å². The Kier molecular flexibility index (Phi) is 4.25. The summed E-state index contributed by atoms with van der Waals surface area (Å²) in [5.41, 5.74) is 1.74. The molecule has 0 aliphatic heterocycles. The molecule has 4 heteroatoms. The second-order valence-electron chi connectivity index (χ2n) is 4.54. The molecular formula is C16H17NO3. The van der Waals surface area contributed by atoms with Gasteiger partial charge in [0, 0.05) is 25.8 Å². The number of ether oxygens (including phenoxy) is 1. The van der Waals surface area contributed by atoms with Gasteiger partial charge in [-0.05, 0) is 23.8 Å². The highest BCUT2D eigenvalue weighted by Gasteiger charge is 1.99. The fourth-order valence-electron chi connectivity index (χ4n) is 1.74. The molecule has 0 bridgehead atoms. The van der Waals surface area contributed by atoms with Gasteiger partial charge in [-0.2, -0.15) is 0 Å². The van der Waals surface area contributed by atoms with E-state index in [0.29, 0.717) is 11.5 Å². The predicted octanol–water partition coefficient (Wildman–Crippen LogP) is 2.88. The minimum atomic E-state index is -0.424. The fraction of sp³-hybridized carbons (Fsp3) is 0.188. The molecule has 1 aromatic heterocycles. The van der Waals surface area contributed by atoms with Crippen LogP contribution in [0.15, 0.2) is 45.6 Å². The first kappa shape index (κ1) is 13.9. The first-order valence-corrected chi connectivity index (χ1v) is 6.23. The molecule has 0 N–H and O–H groups in total. The normalized spacial score (nSPS) is 10.8. The molecule has 0 amide bonds. The van der Waals surface area contributed by atoms with Gasteiger partial charge in [-0.25, -0.2) is 4.79 Å². The van der Waals surface area contributed by atoms with Gasteiger partial charge in [-0.3, -0.25) is 0 Å². The van der Waals surface area contributed by atoms with Gasteiger partial charge in [0.05, 0.1) is 13.2 Å². The molecule has 0 unspecified atom stereocenters. The summed E-state index contributed by atoms with van der Waals surface area (Å²) < 4.78 is 10.1. The molecule has 0 fully saturated rings. The minimum Gasteiger partial charge on any atom is -0.496 e. The second-order valence-corrected chi connectivity index (χ2v) is 4.54. The van der Waals surface area contributed by atoms with Crippen molar-refractivity contribution in [3.05, 3.63) is 58.1 Å². The summed E-state index contributed by atoms with van der Waals surface area (Å²) in [6.07, 6.45) is 3.63. The van der Waals surface area contributed by atoms with Crippen LogP contribution in [0.2, 0.25) is 0 Å². The monoisotopic (exact) mass is 271 g/mol. The lowest BCUT2D eigenvalue weighted by atomic mass is 10.2. The highest BCUT2D eigenvalue weighted by molar-refractivity contribution is 5.68. The molecular weight excluding hydrogens is 254 g/mol. The van der Waals surface area contributed by atoms with E-state index in [9.17, 15) is 4.79 Å². The molecule has 0 saturated carbocycles. The number of benzene rings is 1. The molecule has 0 atom stereocenters. The van der Waals surface area contributed by atoms with Gasteiger partial charge in [-0.15, -0.1) is 0 Å². The van der Waals surface area contributed by atoms with Gasteiger partial charge < -0.3 is 14.1 Å². The summed E-state index contributed by atoms with van der Waals surface area (Å²) in [6.45, 7) is 0. The zero-order valence-electron chi connectivity index (χ0n) is 11.8. The van der Waals surface area contributed by atoms with Crippen LogP contribution in [0.25, 0.3) is 12.2 Å². The highest BCUT2D eigenvalue weighted by atomic mass is 16.5. The van der Waals surface area contributed by atoms with Crippen LogP contribution in [0.4, 0.5) is 5.69 Å². The van der Waals surface area contributed by atoms with E-state index in [4.69, 9.17) is 9.15 Å². The standard InChI is InChI=1S/C16H17NO3/c1-17(2)13-7-4-12(5-8-13)6-9-14-10-15(19-3)11-16(18)20-14/h4-11H,1-3H3/b9-6+. The molecule has 0 aliphatic carbocycles. The number of nitrogens with zero attached hydrogens (tertiary/aromatic N) is 1. The van der Waals surface area contributed by atoms with E-state index >= 15 is 0 Å². The van der Waals surface area contributed by atoms with Crippen molar-refractivity contribution in [3.63, 3.8) is 0 Å². The maximum atomic E-state index is 11.3. The van der Waals surface area contributed by atoms with Gasteiger partial charge in [0.15, 0.2) is 0 Å². The number of anilines is 1. The topological polar surface area (TPSA) is 42.7 Å². The predicted molar refractivity (Wildman–Crippen MR) is 81.2 cm³/mol. The van der Waals surface area contributed by atoms with Gasteiger partial charge in [0.2, 0.25) is 0 Å². The van der Waals surface area contributed by atoms with Crippen molar-refractivity contribution in [3.8, 4) is 5.75 Å². The minimum absolute atomic E-state index is 0.424. The van der Waals surface area contributed by atoms with Crippen molar-refractivity contribution >= 4 is 17.8 Å². The number of methoxy groups -OCH3 is 1. The number of rotatable bonds is 4.